The fourth-order valence-electron chi connectivity index (χ4n) is 1.80. The molecule has 10 heteroatoms. The lowest BCUT2D eigenvalue weighted by molar-refractivity contribution is 0.222. The number of carbonyl (C=O) groups is 1. The first kappa shape index (κ1) is 19.1. The molecule has 5 N–H and O–H groups in total. The molecule has 0 radical (unpaired) electrons. The number of amidine groups is 1. The van der Waals surface area contributed by atoms with Crippen LogP contribution < -0.4 is 11.6 Å². The first-order valence-electron chi connectivity index (χ1n) is 6.61. The van der Waals surface area contributed by atoms with E-state index in [4.69, 9.17) is 17.0 Å². The fraction of sp³-hybridized carbons (Fsp3) is 0.143. The third-order valence-electron chi connectivity index (χ3n) is 2.90. The zero-order valence-corrected chi connectivity index (χ0v) is 15.7. The molecule has 0 aliphatic rings. The van der Waals surface area contributed by atoms with Crippen molar-refractivity contribution in [3.63, 3.8) is 0 Å². The summed E-state index contributed by atoms with van der Waals surface area (Å²) in [6.45, 7) is 0.243. The van der Waals surface area contributed by atoms with Crippen LogP contribution in [0.1, 0.15) is 11.1 Å². The van der Waals surface area contributed by atoms with Crippen molar-refractivity contribution in [3.8, 4) is 0 Å². The molecule has 1 aromatic carbocycles. The number of hydrazine groups is 1. The van der Waals surface area contributed by atoms with E-state index in [-0.39, 0.29) is 17.5 Å². The Hall–Kier alpha value is -1.20. The summed E-state index contributed by atoms with van der Waals surface area (Å²) in [4.78, 5) is 12.0. The highest BCUT2D eigenvalue weighted by atomic mass is 32.2. The maximum absolute atomic E-state index is 13.5. The van der Waals surface area contributed by atoms with Crippen molar-refractivity contribution in [2.45, 2.75) is 21.4 Å². The van der Waals surface area contributed by atoms with Crippen LogP contribution in [0, 0.1) is 11.2 Å². The average Bonchev–Trinajstić information content (AvgIpc) is 2.94. The van der Waals surface area contributed by atoms with E-state index >= 15 is 0 Å². The van der Waals surface area contributed by atoms with E-state index in [1.165, 1.54) is 35.2 Å². The SMILES string of the molecule is N=C(N)SCc1cc(F)ccc1Sc1sccc1CN(N)C(=O)S. The van der Waals surface area contributed by atoms with Crippen molar-refractivity contribution in [1.29, 1.82) is 5.41 Å². The van der Waals surface area contributed by atoms with Crippen LogP contribution in [-0.2, 0) is 12.3 Å². The van der Waals surface area contributed by atoms with Crippen LogP contribution in [0.2, 0.25) is 0 Å². The normalized spacial score (nSPS) is 10.6. The van der Waals surface area contributed by atoms with E-state index in [0.717, 1.165) is 37.0 Å². The van der Waals surface area contributed by atoms with Gasteiger partial charge in [0.05, 0.1) is 10.8 Å². The van der Waals surface area contributed by atoms with Gasteiger partial charge < -0.3 is 5.73 Å². The summed E-state index contributed by atoms with van der Waals surface area (Å²) in [5, 5.41) is 9.69. The smallest absolute Gasteiger partial charge is 0.292 e. The Kier molecular flexibility index (Phi) is 6.99. The Morgan fingerprint density at radius 2 is 2.12 bits per heavy atom. The number of amides is 1. The summed E-state index contributed by atoms with van der Waals surface area (Å²) in [5.41, 5.74) is 7.01. The number of thiophene rings is 1. The summed E-state index contributed by atoms with van der Waals surface area (Å²) in [6, 6.07) is 6.42. The zero-order valence-electron chi connectivity index (χ0n) is 12.4. The minimum atomic E-state index is -0.516. The Balaban J connectivity index is 2.21. The van der Waals surface area contributed by atoms with Gasteiger partial charge in [0, 0.05) is 10.6 Å². The van der Waals surface area contributed by atoms with E-state index in [1.54, 1.807) is 6.07 Å². The Labute approximate surface area is 156 Å². The van der Waals surface area contributed by atoms with Crippen LogP contribution in [-0.4, -0.2) is 15.4 Å². The molecule has 0 unspecified atom stereocenters. The molecule has 2 aromatic rings. The number of nitrogens with two attached hydrogens (primary N) is 2. The monoisotopic (exact) mass is 402 g/mol. The van der Waals surface area contributed by atoms with Gasteiger partial charge in [-0.1, -0.05) is 36.2 Å². The molecule has 0 saturated carbocycles. The molecule has 128 valence electrons. The predicted molar refractivity (Wildman–Crippen MR) is 102 cm³/mol. The standard InChI is InChI=1S/C14H15FN4OS4/c15-10-1-2-11(9(5-10)7-23-13(16)17)24-12-8(3-4-22-12)6-19(18)14(20)21/h1-5H,6-7,18H2,(H3,16,17)(H,20,21). The number of hydrogen-bond donors (Lipinski definition) is 4. The van der Waals surface area contributed by atoms with E-state index in [9.17, 15) is 9.18 Å². The lowest BCUT2D eigenvalue weighted by Crippen LogP contribution is -2.32. The highest BCUT2D eigenvalue weighted by molar-refractivity contribution is 8.13. The maximum atomic E-state index is 13.5. The third-order valence-corrected chi connectivity index (χ3v) is 6.28. The topological polar surface area (TPSA) is 96.2 Å². The summed E-state index contributed by atoms with van der Waals surface area (Å²) in [5.74, 6) is 5.69. The van der Waals surface area contributed by atoms with E-state index in [0.29, 0.717) is 5.75 Å². The zero-order chi connectivity index (χ0) is 17.7. The molecule has 0 atom stereocenters. The van der Waals surface area contributed by atoms with Gasteiger partial charge in [0.15, 0.2) is 5.17 Å². The van der Waals surface area contributed by atoms with Crippen molar-refractivity contribution in [2.24, 2.45) is 11.6 Å². The van der Waals surface area contributed by atoms with Crippen molar-refractivity contribution in [3.05, 3.63) is 46.6 Å². The Morgan fingerprint density at radius 1 is 1.38 bits per heavy atom. The fourth-order valence-corrected chi connectivity index (χ4v) is 4.64. The molecule has 0 aliphatic carbocycles. The quantitative estimate of drug-likeness (QED) is 0.147. The van der Waals surface area contributed by atoms with Crippen LogP contribution in [0.5, 0.6) is 0 Å². The van der Waals surface area contributed by atoms with Gasteiger partial charge in [0.25, 0.3) is 5.24 Å². The van der Waals surface area contributed by atoms with Crippen molar-refractivity contribution >= 4 is 57.9 Å². The minimum absolute atomic E-state index is 0.0157. The van der Waals surface area contributed by atoms with Gasteiger partial charge >= 0.3 is 0 Å². The highest BCUT2D eigenvalue weighted by Crippen LogP contribution is 2.38. The molecule has 0 aliphatic heterocycles. The Morgan fingerprint density at radius 3 is 2.79 bits per heavy atom. The highest BCUT2D eigenvalue weighted by Gasteiger charge is 2.14. The molecular formula is C14H15FN4OS4. The Bertz CT molecular complexity index is 752. The van der Waals surface area contributed by atoms with Crippen molar-refractivity contribution in [1.82, 2.24) is 5.01 Å². The van der Waals surface area contributed by atoms with Crippen LogP contribution in [0.25, 0.3) is 0 Å². The predicted octanol–water partition coefficient (Wildman–Crippen LogP) is 3.89. The first-order valence-corrected chi connectivity index (χ1v) is 9.74. The second-order valence-electron chi connectivity index (χ2n) is 4.65. The first-order chi connectivity index (χ1) is 11.4. The molecular weight excluding hydrogens is 387 g/mol. The number of halogens is 1. The van der Waals surface area contributed by atoms with E-state index in [1.807, 2.05) is 11.4 Å². The van der Waals surface area contributed by atoms with Crippen molar-refractivity contribution < 1.29 is 9.18 Å². The third kappa shape index (κ3) is 5.42. The van der Waals surface area contributed by atoms with Crippen LogP contribution in [0.3, 0.4) is 0 Å². The lowest BCUT2D eigenvalue weighted by Gasteiger charge is -2.14. The largest absolute Gasteiger partial charge is 0.379 e. The number of rotatable bonds is 6. The van der Waals surface area contributed by atoms with Gasteiger partial charge in [0.1, 0.15) is 5.82 Å². The second-order valence-corrected chi connectivity index (χ2v) is 8.28. The summed E-state index contributed by atoms with van der Waals surface area (Å²) in [7, 11) is 0. The molecule has 0 spiro atoms. The molecule has 1 heterocycles. The van der Waals surface area contributed by atoms with E-state index in [2.05, 4.69) is 12.6 Å². The van der Waals surface area contributed by atoms with Gasteiger partial charge in [-0.3, -0.25) is 15.2 Å². The van der Waals surface area contributed by atoms with Gasteiger partial charge in [-0.05, 0) is 40.8 Å². The van der Waals surface area contributed by atoms with Gasteiger partial charge in [-0.25, -0.2) is 10.2 Å². The lowest BCUT2D eigenvalue weighted by atomic mass is 10.2. The number of hydrogen-bond acceptors (Lipinski definition) is 6. The van der Waals surface area contributed by atoms with Crippen molar-refractivity contribution in [2.75, 3.05) is 0 Å². The molecule has 0 saturated heterocycles. The van der Waals surface area contributed by atoms with Crippen LogP contribution in [0.4, 0.5) is 9.18 Å². The molecule has 5 nitrogen and oxygen atoms in total. The minimum Gasteiger partial charge on any atom is -0.379 e. The number of carbonyl (C=O) groups excluding carboxylic acids is 1. The number of thioether (sulfide) groups is 1. The van der Waals surface area contributed by atoms with Crippen LogP contribution >= 0.6 is 47.5 Å². The van der Waals surface area contributed by atoms with Gasteiger partial charge in [-0.15, -0.1) is 11.3 Å². The maximum Gasteiger partial charge on any atom is 0.292 e. The summed E-state index contributed by atoms with van der Waals surface area (Å²) < 4.78 is 14.5. The molecule has 0 fully saturated rings. The van der Waals surface area contributed by atoms with Gasteiger partial charge in [0.2, 0.25) is 0 Å². The molecule has 1 amide bonds. The molecule has 2 rings (SSSR count). The number of nitrogens with one attached hydrogen (secondary N) is 1. The number of nitrogens with zero attached hydrogens (tertiary/aromatic N) is 1. The number of thiol groups is 1. The van der Waals surface area contributed by atoms with Crippen LogP contribution in [0.15, 0.2) is 38.8 Å². The molecule has 1 aromatic heterocycles. The van der Waals surface area contributed by atoms with E-state index < -0.39 is 5.24 Å². The molecule has 0 bridgehead atoms. The van der Waals surface area contributed by atoms with Gasteiger partial charge in [-0.2, -0.15) is 0 Å². The summed E-state index contributed by atoms with van der Waals surface area (Å²) in [6.07, 6.45) is 0. The average molecular weight is 403 g/mol. The summed E-state index contributed by atoms with van der Waals surface area (Å²) >= 11 is 7.82. The second kappa shape index (κ2) is 8.77. The molecule has 24 heavy (non-hydrogen) atoms. The number of benzene rings is 1.